The lowest BCUT2D eigenvalue weighted by Gasteiger charge is -1.99. The summed E-state index contributed by atoms with van der Waals surface area (Å²) in [4.78, 5) is 0. The van der Waals surface area contributed by atoms with Gasteiger partial charge in [0.2, 0.25) is 0 Å². The van der Waals surface area contributed by atoms with Crippen molar-refractivity contribution in [3.05, 3.63) is 22.7 Å². The van der Waals surface area contributed by atoms with Crippen LogP contribution in [0.5, 0.6) is 0 Å². The van der Waals surface area contributed by atoms with E-state index < -0.39 is 0 Å². The first kappa shape index (κ1) is 9.98. The van der Waals surface area contributed by atoms with Gasteiger partial charge in [0, 0.05) is 10.2 Å². The summed E-state index contributed by atoms with van der Waals surface area (Å²) >= 11 is 5.23. The molecule has 1 aromatic heterocycles. The quantitative estimate of drug-likeness (QED) is 0.860. The first-order valence-electron chi connectivity index (χ1n) is 4.29. The fourth-order valence-electron chi connectivity index (χ4n) is 1.29. The number of hydrogen-bond acceptors (Lipinski definition) is 3. The van der Waals surface area contributed by atoms with Gasteiger partial charge in [0.25, 0.3) is 0 Å². The maximum Gasteiger partial charge on any atom is 0.114 e. The fourth-order valence-corrected chi connectivity index (χ4v) is 1.99. The summed E-state index contributed by atoms with van der Waals surface area (Å²) < 4.78 is 2.99. The van der Waals surface area contributed by atoms with Crippen LogP contribution < -0.4 is 0 Å². The smallest absolute Gasteiger partial charge is 0.114 e. The Morgan fingerprint density at radius 2 is 2.36 bits per heavy atom. The normalized spacial score (nSPS) is 11.0. The van der Waals surface area contributed by atoms with Gasteiger partial charge < -0.3 is 0 Å². The van der Waals surface area contributed by atoms with Crippen LogP contribution in [0.25, 0.3) is 11.0 Å². The van der Waals surface area contributed by atoms with Gasteiger partial charge in [-0.2, -0.15) is 11.8 Å². The number of hydrogen-bond donors (Lipinski definition) is 0. The van der Waals surface area contributed by atoms with E-state index in [0.29, 0.717) is 0 Å². The van der Waals surface area contributed by atoms with Gasteiger partial charge in [-0.3, -0.25) is 0 Å². The molecule has 0 aliphatic heterocycles. The highest BCUT2D eigenvalue weighted by Crippen LogP contribution is 2.17. The predicted molar refractivity (Wildman–Crippen MR) is 63.6 cm³/mol. The van der Waals surface area contributed by atoms with Crippen LogP contribution in [0.2, 0.25) is 0 Å². The van der Waals surface area contributed by atoms with E-state index in [1.54, 1.807) is 0 Å². The number of aromatic nitrogens is 3. The average molecular weight is 272 g/mol. The van der Waals surface area contributed by atoms with Gasteiger partial charge in [0.1, 0.15) is 5.52 Å². The molecule has 74 valence electrons. The summed E-state index contributed by atoms with van der Waals surface area (Å²) in [5.74, 6) is 1.06. The number of rotatable bonds is 3. The number of halogens is 1. The highest BCUT2D eigenvalue weighted by molar-refractivity contribution is 9.10. The summed E-state index contributed by atoms with van der Waals surface area (Å²) in [6.45, 7) is 0.916. The summed E-state index contributed by atoms with van der Waals surface area (Å²) in [6.07, 6.45) is 2.09. The van der Waals surface area contributed by atoms with Crippen LogP contribution in [0.1, 0.15) is 0 Å². The largest absolute Gasteiger partial charge is 0.244 e. The molecule has 1 heterocycles. The molecule has 0 unspecified atom stereocenters. The molecule has 0 bridgehead atoms. The van der Waals surface area contributed by atoms with E-state index in [9.17, 15) is 0 Å². The highest BCUT2D eigenvalue weighted by Gasteiger charge is 2.03. The minimum absolute atomic E-state index is 0.916. The van der Waals surface area contributed by atoms with E-state index in [1.807, 2.05) is 34.6 Å². The first-order chi connectivity index (χ1) is 6.81. The van der Waals surface area contributed by atoms with Crippen molar-refractivity contribution in [3.63, 3.8) is 0 Å². The van der Waals surface area contributed by atoms with E-state index in [4.69, 9.17) is 0 Å². The second-order valence-corrected chi connectivity index (χ2v) is 4.84. The molecule has 0 radical (unpaired) electrons. The molecule has 0 fully saturated rings. The molecule has 5 heteroatoms. The van der Waals surface area contributed by atoms with Gasteiger partial charge in [-0.1, -0.05) is 21.1 Å². The van der Waals surface area contributed by atoms with Crippen molar-refractivity contribution in [1.29, 1.82) is 0 Å². The van der Waals surface area contributed by atoms with Crippen molar-refractivity contribution in [2.75, 3.05) is 12.0 Å². The van der Waals surface area contributed by atoms with Gasteiger partial charge in [0.15, 0.2) is 0 Å². The van der Waals surface area contributed by atoms with E-state index in [1.165, 1.54) is 0 Å². The van der Waals surface area contributed by atoms with E-state index >= 15 is 0 Å². The van der Waals surface area contributed by atoms with Crippen LogP contribution in [0, 0.1) is 0 Å². The molecule has 0 atom stereocenters. The molecule has 0 spiro atoms. The Kier molecular flexibility index (Phi) is 3.08. The minimum atomic E-state index is 0.916. The van der Waals surface area contributed by atoms with Gasteiger partial charge in [0.05, 0.1) is 12.1 Å². The first-order valence-corrected chi connectivity index (χ1v) is 6.47. The molecule has 2 aromatic rings. The Morgan fingerprint density at radius 1 is 1.50 bits per heavy atom. The van der Waals surface area contributed by atoms with Crippen LogP contribution in [0.3, 0.4) is 0 Å². The third-order valence-corrected chi connectivity index (χ3v) is 3.07. The molecule has 1 aromatic carbocycles. The summed E-state index contributed by atoms with van der Waals surface area (Å²) in [5, 5.41) is 8.21. The van der Waals surface area contributed by atoms with Crippen molar-refractivity contribution >= 4 is 38.7 Å². The molecule has 0 amide bonds. The lowest BCUT2D eigenvalue weighted by atomic mass is 10.3. The van der Waals surface area contributed by atoms with Crippen molar-refractivity contribution in [1.82, 2.24) is 15.0 Å². The molecule has 14 heavy (non-hydrogen) atoms. The Labute approximate surface area is 95.0 Å². The second kappa shape index (κ2) is 4.31. The topological polar surface area (TPSA) is 30.7 Å². The summed E-state index contributed by atoms with van der Waals surface area (Å²) in [7, 11) is 0. The van der Waals surface area contributed by atoms with Crippen LogP contribution in [0.4, 0.5) is 0 Å². The third kappa shape index (κ3) is 1.93. The van der Waals surface area contributed by atoms with Crippen molar-refractivity contribution in [2.45, 2.75) is 6.54 Å². The lowest BCUT2D eigenvalue weighted by Crippen LogP contribution is -2.01. The zero-order valence-electron chi connectivity index (χ0n) is 7.77. The van der Waals surface area contributed by atoms with Gasteiger partial charge in [-0.25, -0.2) is 4.68 Å². The molecule has 0 aliphatic rings. The van der Waals surface area contributed by atoms with E-state index in [2.05, 4.69) is 32.5 Å². The fraction of sp³-hybridized carbons (Fsp3) is 0.333. The number of benzene rings is 1. The van der Waals surface area contributed by atoms with Crippen molar-refractivity contribution in [3.8, 4) is 0 Å². The standard InChI is InChI=1S/C9H10BrN3S/c1-14-5-4-13-9-3-2-7(10)6-8(9)11-12-13/h2-3,6H,4-5H2,1H3. The van der Waals surface area contributed by atoms with Crippen LogP contribution in [-0.2, 0) is 6.54 Å². The number of thioether (sulfide) groups is 1. The zero-order valence-corrected chi connectivity index (χ0v) is 10.2. The molecular formula is C9H10BrN3S. The Hall–Kier alpha value is -0.550. The molecule has 2 rings (SSSR count). The van der Waals surface area contributed by atoms with Gasteiger partial charge in [-0.05, 0) is 24.5 Å². The van der Waals surface area contributed by atoms with Crippen LogP contribution in [0.15, 0.2) is 22.7 Å². The summed E-state index contributed by atoms with van der Waals surface area (Å²) in [5.41, 5.74) is 2.04. The van der Waals surface area contributed by atoms with Gasteiger partial charge in [-0.15, -0.1) is 5.10 Å². The van der Waals surface area contributed by atoms with E-state index in [0.717, 1.165) is 27.8 Å². The van der Waals surface area contributed by atoms with Crippen LogP contribution >= 0.6 is 27.7 Å². The minimum Gasteiger partial charge on any atom is -0.244 e. The lowest BCUT2D eigenvalue weighted by molar-refractivity contribution is 0.652. The molecule has 3 nitrogen and oxygen atoms in total. The van der Waals surface area contributed by atoms with Crippen LogP contribution in [-0.4, -0.2) is 27.0 Å². The van der Waals surface area contributed by atoms with Crippen molar-refractivity contribution in [2.24, 2.45) is 0 Å². The summed E-state index contributed by atoms with van der Waals surface area (Å²) in [6, 6.07) is 6.04. The number of aryl methyl sites for hydroxylation is 1. The predicted octanol–water partition coefficient (Wildman–Crippen LogP) is 2.56. The SMILES string of the molecule is CSCCn1nnc2cc(Br)ccc21. The maximum atomic E-state index is 4.11. The average Bonchev–Trinajstić information content (AvgIpc) is 2.57. The third-order valence-electron chi connectivity index (χ3n) is 1.98. The van der Waals surface area contributed by atoms with E-state index in [-0.39, 0.29) is 0 Å². The highest BCUT2D eigenvalue weighted by atomic mass is 79.9. The number of fused-ring (bicyclic) bond motifs is 1. The monoisotopic (exact) mass is 271 g/mol. The Morgan fingerprint density at radius 3 is 3.14 bits per heavy atom. The number of nitrogens with zero attached hydrogens (tertiary/aromatic N) is 3. The molecule has 0 saturated carbocycles. The zero-order chi connectivity index (χ0) is 9.97. The second-order valence-electron chi connectivity index (χ2n) is 2.94. The van der Waals surface area contributed by atoms with Gasteiger partial charge >= 0.3 is 0 Å². The Bertz CT molecular complexity index is 441. The maximum absolute atomic E-state index is 4.11. The van der Waals surface area contributed by atoms with Crippen molar-refractivity contribution < 1.29 is 0 Å². The molecule has 0 saturated heterocycles. The molecule has 0 N–H and O–H groups in total. The molecular weight excluding hydrogens is 262 g/mol. The molecule has 0 aliphatic carbocycles. The Balaban J connectivity index is 2.37.